The monoisotopic (exact) mass is 334 g/mol. The summed E-state index contributed by atoms with van der Waals surface area (Å²) in [7, 11) is 0. The highest BCUT2D eigenvalue weighted by Gasteiger charge is 2.29. The maximum atomic E-state index is 13.9. The van der Waals surface area contributed by atoms with E-state index >= 15 is 0 Å². The van der Waals surface area contributed by atoms with Crippen molar-refractivity contribution in [2.45, 2.75) is 19.4 Å². The molecule has 0 bridgehead atoms. The van der Waals surface area contributed by atoms with Gasteiger partial charge in [-0.25, -0.2) is 4.39 Å². The molecule has 3 rings (SSSR count). The molecule has 0 radical (unpaired) electrons. The molecule has 0 amide bonds. The van der Waals surface area contributed by atoms with Crippen molar-refractivity contribution in [3.05, 3.63) is 63.4 Å². The molecule has 0 fully saturated rings. The molecule has 0 aliphatic carbocycles. The molecule has 1 heterocycles. The van der Waals surface area contributed by atoms with Crippen molar-refractivity contribution >= 4 is 21.7 Å². The van der Waals surface area contributed by atoms with Crippen molar-refractivity contribution in [1.29, 1.82) is 0 Å². The lowest BCUT2D eigenvalue weighted by Gasteiger charge is -2.26. The molecule has 1 aliphatic heterocycles. The van der Waals surface area contributed by atoms with E-state index in [9.17, 15) is 9.18 Å². The number of carbonyl (C=O) groups is 1. The van der Waals surface area contributed by atoms with Gasteiger partial charge in [0, 0.05) is 10.0 Å². The first kappa shape index (κ1) is 13.3. The Kier molecular flexibility index (Phi) is 3.34. The van der Waals surface area contributed by atoms with Gasteiger partial charge in [0.2, 0.25) is 0 Å². The van der Waals surface area contributed by atoms with E-state index in [4.69, 9.17) is 4.74 Å². The van der Waals surface area contributed by atoms with Gasteiger partial charge in [-0.05, 0) is 37.3 Å². The van der Waals surface area contributed by atoms with Crippen molar-refractivity contribution < 1.29 is 13.9 Å². The van der Waals surface area contributed by atoms with E-state index in [1.165, 1.54) is 6.07 Å². The summed E-state index contributed by atoms with van der Waals surface area (Å²) in [5.41, 5.74) is 1.93. The van der Waals surface area contributed by atoms with Gasteiger partial charge < -0.3 is 4.74 Å². The molecule has 1 unspecified atom stereocenters. The number of ether oxygens (including phenoxy) is 1. The zero-order chi connectivity index (χ0) is 14.3. The van der Waals surface area contributed by atoms with Crippen LogP contribution < -0.4 is 4.74 Å². The topological polar surface area (TPSA) is 26.3 Å². The van der Waals surface area contributed by atoms with Crippen LogP contribution in [-0.4, -0.2) is 5.78 Å². The molecule has 2 aromatic carbocycles. The minimum absolute atomic E-state index is 0.0235. The average molecular weight is 335 g/mol. The predicted octanol–water partition coefficient (Wildman–Crippen LogP) is 4.60. The van der Waals surface area contributed by atoms with Gasteiger partial charge in [0.05, 0.1) is 12.0 Å². The molecule has 4 heteroatoms. The smallest absolute Gasteiger partial charge is 0.170 e. The second-order valence-electron chi connectivity index (χ2n) is 4.90. The van der Waals surface area contributed by atoms with Crippen LogP contribution in [0.3, 0.4) is 0 Å². The average Bonchev–Trinajstić information content (AvgIpc) is 2.41. The number of aryl methyl sites for hydroxylation is 1. The van der Waals surface area contributed by atoms with Crippen molar-refractivity contribution in [3.8, 4) is 5.75 Å². The molecule has 1 atom stereocenters. The molecule has 0 spiro atoms. The van der Waals surface area contributed by atoms with Gasteiger partial charge in [-0.2, -0.15) is 0 Å². The molecule has 1 aliphatic rings. The minimum Gasteiger partial charge on any atom is -0.484 e. The Bertz CT molecular complexity index is 697. The van der Waals surface area contributed by atoms with Gasteiger partial charge in [0.25, 0.3) is 0 Å². The summed E-state index contributed by atoms with van der Waals surface area (Å²) in [6.45, 7) is 1.89. The second-order valence-corrected chi connectivity index (χ2v) is 5.81. The van der Waals surface area contributed by atoms with Crippen LogP contribution in [0.5, 0.6) is 5.75 Å². The fraction of sp³-hybridized carbons (Fsp3) is 0.188. The van der Waals surface area contributed by atoms with Crippen molar-refractivity contribution in [1.82, 2.24) is 0 Å². The lowest BCUT2D eigenvalue weighted by Crippen LogP contribution is -2.21. The van der Waals surface area contributed by atoms with E-state index in [-0.39, 0.29) is 18.0 Å². The highest BCUT2D eigenvalue weighted by Crippen LogP contribution is 2.37. The molecule has 0 saturated heterocycles. The third kappa shape index (κ3) is 2.36. The summed E-state index contributed by atoms with van der Waals surface area (Å²) in [5.74, 6) is 0.137. The number of hydrogen-bond donors (Lipinski definition) is 0. The van der Waals surface area contributed by atoms with Gasteiger partial charge in [-0.1, -0.05) is 27.6 Å². The van der Waals surface area contributed by atoms with E-state index in [1.807, 2.05) is 6.92 Å². The second kappa shape index (κ2) is 5.02. The van der Waals surface area contributed by atoms with Gasteiger partial charge >= 0.3 is 0 Å². The Morgan fingerprint density at radius 3 is 2.85 bits per heavy atom. The minimum atomic E-state index is -0.566. The van der Waals surface area contributed by atoms with Gasteiger partial charge in [0.1, 0.15) is 17.7 Å². The Morgan fingerprint density at radius 2 is 2.05 bits per heavy atom. The molecule has 0 saturated carbocycles. The standard InChI is InChI=1S/C16H12BrFO2/c1-9-2-5-13(18)12(6-9)16-8-14(19)11-4-3-10(17)7-15(11)20-16/h2-7,16H,8H2,1H3. The van der Waals surface area contributed by atoms with Gasteiger partial charge in [-0.15, -0.1) is 0 Å². The molecule has 2 nitrogen and oxygen atoms in total. The molecule has 0 aromatic heterocycles. The van der Waals surface area contributed by atoms with Crippen LogP contribution in [0, 0.1) is 12.7 Å². The maximum absolute atomic E-state index is 13.9. The van der Waals surface area contributed by atoms with Crippen LogP contribution in [-0.2, 0) is 0 Å². The largest absolute Gasteiger partial charge is 0.484 e. The van der Waals surface area contributed by atoms with Crippen LogP contribution in [0.1, 0.15) is 34.0 Å². The van der Waals surface area contributed by atoms with E-state index in [0.29, 0.717) is 16.9 Å². The number of Topliss-reactive ketones (excluding diaryl/α,β-unsaturated/α-hetero) is 1. The normalized spacial score (nSPS) is 17.6. The number of carbonyl (C=O) groups excluding carboxylic acids is 1. The van der Waals surface area contributed by atoms with Gasteiger partial charge in [0.15, 0.2) is 5.78 Å². The third-order valence-corrected chi connectivity index (χ3v) is 3.88. The Hall–Kier alpha value is -1.68. The van der Waals surface area contributed by atoms with Crippen LogP contribution >= 0.6 is 15.9 Å². The Labute approximate surface area is 124 Å². The zero-order valence-electron chi connectivity index (χ0n) is 10.8. The molecule has 102 valence electrons. The predicted molar refractivity (Wildman–Crippen MR) is 77.6 cm³/mol. The highest BCUT2D eigenvalue weighted by molar-refractivity contribution is 9.10. The zero-order valence-corrected chi connectivity index (χ0v) is 12.4. The lowest BCUT2D eigenvalue weighted by molar-refractivity contribution is 0.0845. The first-order chi connectivity index (χ1) is 9.54. The van der Waals surface area contributed by atoms with E-state index in [2.05, 4.69) is 15.9 Å². The molecule has 20 heavy (non-hydrogen) atoms. The lowest BCUT2D eigenvalue weighted by atomic mass is 9.95. The fourth-order valence-corrected chi connectivity index (χ4v) is 2.72. The van der Waals surface area contributed by atoms with E-state index in [1.54, 1.807) is 30.3 Å². The summed E-state index contributed by atoms with van der Waals surface area (Å²) in [4.78, 5) is 12.2. The first-order valence-corrected chi connectivity index (χ1v) is 7.09. The number of benzene rings is 2. The van der Waals surface area contributed by atoms with Gasteiger partial charge in [-0.3, -0.25) is 4.79 Å². The summed E-state index contributed by atoms with van der Waals surface area (Å²) in [6.07, 6.45) is -0.404. The van der Waals surface area contributed by atoms with Crippen LogP contribution in [0.15, 0.2) is 40.9 Å². The first-order valence-electron chi connectivity index (χ1n) is 6.30. The Morgan fingerprint density at radius 1 is 1.25 bits per heavy atom. The van der Waals surface area contributed by atoms with Crippen molar-refractivity contribution in [3.63, 3.8) is 0 Å². The molecule has 0 N–H and O–H groups in total. The highest BCUT2D eigenvalue weighted by atomic mass is 79.9. The molecular formula is C16H12BrFO2. The SMILES string of the molecule is Cc1ccc(F)c(C2CC(=O)c3ccc(Br)cc3O2)c1. The number of hydrogen-bond acceptors (Lipinski definition) is 2. The maximum Gasteiger partial charge on any atom is 0.170 e. The number of halogens is 2. The molecular weight excluding hydrogens is 323 g/mol. The summed E-state index contributed by atoms with van der Waals surface area (Å²) in [6, 6.07) is 10.1. The number of rotatable bonds is 1. The van der Waals surface area contributed by atoms with Crippen LogP contribution in [0.25, 0.3) is 0 Å². The van der Waals surface area contributed by atoms with Crippen molar-refractivity contribution in [2.24, 2.45) is 0 Å². The number of ketones is 1. The van der Waals surface area contributed by atoms with E-state index < -0.39 is 6.10 Å². The fourth-order valence-electron chi connectivity index (χ4n) is 2.38. The van der Waals surface area contributed by atoms with Crippen LogP contribution in [0.4, 0.5) is 4.39 Å². The van der Waals surface area contributed by atoms with Crippen molar-refractivity contribution in [2.75, 3.05) is 0 Å². The quantitative estimate of drug-likeness (QED) is 0.761. The summed E-state index contributed by atoms with van der Waals surface area (Å²) in [5, 5.41) is 0. The third-order valence-electron chi connectivity index (χ3n) is 3.38. The molecule has 2 aromatic rings. The van der Waals surface area contributed by atoms with Crippen LogP contribution in [0.2, 0.25) is 0 Å². The summed E-state index contributed by atoms with van der Waals surface area (Å²) < 4.78 is 20.6. The van der Waals surface area contributed by atoms with E-state index in [0.717, 1.165) is 10.0 Å². The number of fused-ring (bicyclic) bond motifs is 1. The summed E-state index contributed by atoms with van der Waals surface area (Å²) >= 11 is 3.35. The Balaban J connectivity index is 2.02.